The monoisotopic (exact) mass is 432 g/mol. The zero-order valence-corrected chi connectivity index (χ0v) is 19.3. The molecule has 0 aliphatic heterocycles. The maximum absolute atomic E-state index is 12.4. The van der Waals surface area contributed by atoms with Crippen LogP contribution in [0.5, 0.6) is 11.5 Å². The van der Waals surface area contributed by atoms with Gasteiger partial charge >= 0.3 is 0 Å². The summed E-state index contributed by atoms with van der Waals surface area (Å²) in [5.41, 5.74) is 1.68. The Hall–Kier alpha value is -2.15. The van der Waals surface area contributed by atoms with Crippen molar-refractivity contribution in [1.82, 2.24) is 10.3 Å². The summed E-state index contributed by atoms with van der Waals surface area (Å²) in [4.78, 5) is 17.0. The molecule has 7 heteroatoms. The van der Waals surface area contributed by atoms with Gasteiger partial charge in [0.2, 0.25) is 11.8 Å². The van der Waals surface area contributed by atoms with E-state index in [2.05, 4.69) is 24.1 Å². The molecule has 2 aromatic rings. The minimum Gasteiger partial charge on any atom is -0.493 e. The molecule has 0 bridgehead atoms. The Morgan fingerprint density at radius 2 is 2.00 bits per heavy atom. The number of hydrogen-bond donors (Lipinski definition) is 1. The van der Waals surface area contributed by atoms with Crippen LogP contribution in [0.25, 0.3) is 11.5 Å². The molecule has 1 aliphatic rings. The van der Waals surface area contributed by atoms with Crippen LogP contribution in [-0.4, -0.2) is 36.9 Å². The molecule has 6 nitrogen and oxygen atoms in total. The second-order valence-corrected chi connectivity index (χ2v) is 9.01. The quantitative estimate of drug-likeness (QED) is 0.643. The fraction of sp³-hybridized carbons (Fsp3) is 0.565. The highest BCUT2D eigenvalue weighted by Crippen LogP contribution is 2.33. The van der Waals surface area contributed by atoms with Crippen molar-refractivity contribution in [3.8, 4) is 23.0 Å². The zero-order valence-electron chi connectivity index (χ0n) is 18.5. The van der Waals surface area contributed by atoms with Crippen molar-refractivity contribution in [2.75, 3.05) is 20.0 Å². The van der Waals surface area contributed by atoms with Gasteiger partial charge in [-0.1, -0.05) is 26.7 Å². The third-order valence-corrected chi connectivity index (χ3v) is 6.99. The van der Waals surface area contributed by atoms with Crippen LogP contribution in [0.3, 0.4) is 0 Å². The third kappa shape index (κ3) is 5.31. The number of hydrogen-bond acceptors (Lipinski definition) is 6. The standard InChI is InChI=1S/C23H32N2O4S/c1-14-7-6-8-18(15(14)2)24-22(26)13-30-12-19-16(3)29-23(25-19)17-9-10-20(27-4)21(11-17)28-5/h9-11,14-15,18H,6-8,12-13H2,1-5H3,(H,24,26)/t14-,15+,18+/m0/s1. The number of nitrogens with one attached hydrogen (secondary N) is 1. The van der Waals surface area contributed by atoms with E-state index >= 15 is 0 Å². The maximum Gasteiger partial charge on any atom is 0.230 e. The van der Waals surface area contributed by atoms with Crippen molar-refractivity contribution in [3.05, 3.63) is 29.7 Å². The van der Waals surface area contributed by atoms with E-state index in [1.54, 1.807) is 26.0 Å². The van der Waals surface area contributed by atoms with Crippen LogP contribution in [0.1, 0.15) is 44.6 Å². The van der Waals surface area contributed by atoms with Crippen LogP contribution >= 0.6 is 11.8 Å². The topological polar surface area (TPSA) is 73.6 Å². The molecule has 1 aromatic carbocycles. The highest BCUT2D eigenvalue weighted by Gasteiger charge is 2.28. The summed E-state index contributed by atoms with van der Waals surface area (Å²) >= 11 is 1.56. The molecule has 1 saturated carbocycles. The molecule has 1 fully saturated rings. The molecule has 0 radical (unpaired) electrons. The number of thioether (sulfide) groups is 1. The fourth-order valence-electron chi connectivity index (χ4n) is 3.93. The van der Waals surface area contributed by atoms with E-state index in [0.717, 1.165) is 23.4 Å². The second kappa shape index (κ2) is 10.2. The van der Waals surface area contributed by atoms with E-state index < -0.39 is 0 Å². The van der Waals surface area contributed by atoms with Gasteiger partial charge in [0.05, 0.1) is 25.7 Å². The SMILES string of the molecule is COc1ccc(-c2nc(CSCC(=O)N[C@@H]3CCC[C@H](C)[C@H]3C)c(C)o2)cc1OC. The van der Waals surface area contributed by atoms with Crippen molar-refractivity contribution in [2.45, 2.75) is 51.8 Å². The molecule has 0 spiro atoms. The summed E-state index contributed by atoms with van der Waals surface area (Å²) in [5, 5.41) is 3.23. The molecule has 30 heavy (non-hydrogen) atoms. The number of methoxy groups -OCH3 is 2. The minimum absolute atomic E-state index is 0.104. The number of aryl methyl sites for hydroxylation is 1. The number of aromatic nitrogens is 1. The van der Waals surface area contributed by atoms with Gasteiger partial charge in [-0.05, 0) is 43.4 Å². The van der Waals surface area contributed by atoms with E-state index in [-0.39, 0.29) is 5.91 Å². The first-order chi connectivity index (χ1) is 14.4. The molecule has 3 rings (SSSR count). The van der Waals surface area contributed by atoms with Gasteiger partial charge in [-0.2, -0.15) is 0 Å². The van der Waals surface area contributed by atoms with Crippen molar-refractivity contribution < 1.29 is 18.7 Å². The highest BCUT2D eigenvalue weighted by molar-refractivity contribution is 7.99. The second-order valence-electron chi connectivity index (χ2n) is 8.03. The first-order valence-corrected chi connectivity index (χ1v) is 11.6. The smallest absolute Gasteiger partial charge is 0.230 e. The summed E-state index contributed by atoms with van der Waals surface area (Å²) in [5.74, 6) is 4.97. The number of rotatable bonds is 8. The van der Waals surface area contributed by atoms with Crippen LogP contribution in [0.4, 0.5) is 0 Å². The third-order valence-electron chi connectivity index (χ3n) is 6.05. The minimum atomic E-state index is 0.104. The molecule has 1 aromatic heterocycles. The van der Waals surface area contributed by atoms with Gasteiger partial charge in [-0.15, -0.1) is 11.8 Å². The predicted molar refractivity (Wildman–Crippen MR) is 120 cm³/mol. The number of carbonyl (C=O) groups excluding carboxylic acids is 1. The summed E-state index contributed by atoms with van der Waals surface area (Å²) in [6.07, 6.45) is 3.54. The Balaban J connectivity index is 1.56. The first-order valence-electron chi connectivity index (χ1n) is 10.5. The Morgan fingerprint density at radius 3 is 2.73 bits per heavy atom. The van der Waals surface area contributed by atoms with Gasteiger partial charge in [0.1, 0.15) is 5.76 Å². The molecule has 1 amide bonds. The summed E-state index contributed by atoms with van der Waals surface area (Å²) < 4.78 is 16.5. The van der Waals surface area contributed by atoms with E-state index in [1.807, 2.05) is 25.1 Å². The summed E-state index contributed by atoms with van der Waals surface area (Å²) in [7, 11) is 3.21. The molecular weight excluding hydrogens is 400 g/mol. The number of amides is 1. The number of benzene rings is 1. The van der Waals surface area contributed by atoms with E-state index in [4.69, 9.17) is 13.9 Å². The van der Waals surface area contributed by atoms with Crippen LogP contribution < -0.4 is 14.8 Å². The van der Waals surface area contributed by atoms with Gasteiger partial charge < -0.3 is 19.2 Å². The van der Waals surface area contributed by atoms with Crippen molar-refractivity contribution in [2.24, 2.45) is 11.8 Å². The van der Waals surface area contributed by atoms with Crippen molar-refractivity contribution >= 4 is 17.7 Å². The Kier molecular flexibility index (Phi) is 7.69. The summed E-state index contributed by atoms with van der Waals surface area (Å²) in [6, 6.07) is 5.87. The highest BCUT2D eigenvalue weighted by atomic mass is 32.2. The average molecular weight is 433 g/mol. The lowest BCUT2D eigenvalue weighted by Gasteiger charge is -2.34. The van der Waals surface area contributed by atoms with Crippen molar-refractivity contribution in [3.63, 3.8) is 0 Å². The van der Waals surface area contributed by atoms with Crippen LogP contribution in [0.15, 0.2) is 22.6 Å². The maximum atomic E-state index is 12.4. The Labute approximate surface area is 183 Å². The molecule has 1 heterocycles. The molecule has 0 saturated heterocycles. The molecule has 164 valence electrons. The van der Waals surface area contributed by atoms with Crippen LogP contribution in [0, 0.1) is 18.8 Å². The van der Waals surface area contributed by atoms with Crippen LogP contribution in [0.2, 0.25) is 0 Å². The lowest BCUT2D eigenvalue weighted by Crippen LogP contribution is -2.44. The lowest BCUT2D eigenvalue weighted by atomic mass is 9.78. The largest absolute Gasteiger partial charge is 0.493 e. The lowest BCUT2D eigenvalue weighted by molar-refractivity contribution is -0.119. The Bertz CT molecular complexity index is 867. The average Bonchev–Trinajstić information content (AvgIpc) is 3.11. The van der Waals surface area contributed by atoms with Gasteiger partial charge in [-0.3, -0.25) is 4.79 Å². The van der Waals surface area contributed by atoms with Gasteiger partial charge in [0.25, 0.3) is 0 Å². The van der Waals surface area contributed by atoms with Gasteiger partial charge in [0.15, 0.2) is 11.5 Å². The van der Waals surface area contributed by atoms with E-state index in [1.165, 1.54) is 12.8 Å². The number of oxazole rings is 1. The zero-order chi connectivity index (χ0) is 21.7. The predicted octanol–water partition coefficient (Wildman–Crippen LogP) is 4.84. The molecule has 0 unspecified atom stereocenters. The number of ether oxygens (including phenoxy) is 2. The van der Waals surface area contributed by atoms with Crippen molar-refractivity contribution in [1.29, 1.82) is 0 Å². The number of carbonyl (C=O) groups is 1. The van der Waals surface area contributed by atoms with E-state index in [0.29, 0.717) is 46.8 Å². The number of nitrogens with zero attached hydrogens (tertiary/aromatic N) is 1. The molecular formula is C23H32N2O4S. The molecule has 1 N–H and O–H groups in total. The first kappa shape index (κ1) is 22.5. The molecule has 1 aliphatic carbocycles. The Morgan fingerprint density at radius 1 is 1.23 bits per heavy atom. The fourth-order valence-corrected chi connectivity index (χ4v) is 4.76. The normalized spacial score (nSPS) is 21.3. The summed E-state index contributed by atoms with van der Waals surface area (Å²) in [6.45, 7) is 6.43. The van der Waals surface area contributed by atoms with Gasteiger partial charge in [-0.25, -0.2) is 4.98 Å². The van der Waals surface area contributed by atoms with Crippen LogP contribution in [-0.2, 0) is 10.5 Å². The van der Waals surface area contributed by atoms with E-state index in [9.17, 15) is 4.79 Å². The van der Waals surface area contributed by atoms with Gasteiger partial charge in [0, 0.05) is 17.4 Å². The molecule has 3 atom stereocenters.